The topological polar surface area (TPSA) is 75.0 Å². The third-order valence-corrected chi connectivity index (χ3v) is 4.49. The molecule has 0 spiro atoms. The fourth-order valence-electron chi connectivity index (χ4n) is 2.84. The summed E-state index contributed by atoms with van der Waals surface area (Å²) in [5.74, 6) is 0.00281. The predicted octanol–water partition coefficient (Wildman–Crippen LogP) is 2.20. The largest absolute Gasteiger partial charge is 0.337 e. The van der Waals surface area contributed by atoms with Crippen LogP contribution in [0.3, 0.4) is 0 Å². The monoisotopic (exact) mass is 298 g/mol. The molecule has 1 aliphatic heterocycles. The molecule has 1 aliphatic rings. The molecule has 0 radical (unpaired) electrons. The molecule has 1 atom stereocenters. The van der Waals surface area contributed by atoms with Crippen molar-refractivity contribution in [3.8, 4) is 11.3 Å². The molecular weight excluding hydrogens is 276 g/mol. The van der Waals surface area contributed by atoms with Crippen molar-refractivity contribution >= 4 is 5.91 Å². The summed E-state index contributed by atoms with van der Waals surface area (Å²) in [6.07, 6.45) is 0.953. The first-order valence-corrected chi connectivity index (χ1v) is 7.63. The van der Waals surface area contributed by atoms with Crippen molar-refractivity contribution in [2.75, 3.05) is 19.6 Å². The molecule has 1 unspecified atom stereocenters. The second-order valence-corrected chi connectivity index (χ2v) is 6.52. The van der Waals surface area contributed by atoms with E-state index in [2.05, 4.69) is 17.1 Å². The Morgan fingerprint density at radius 2 is 2.14 bits per heavy atom. The minimum Gasteiger partial charge on any atom is -0.337 e. The van der Waals surface area contributed by atoms with Crippen molar-refractivity contribution in [2.24, 2.45) is 11.1 Å². The van der Waals surface area contributed by atoms with Gasteiger partial charge >= 0.3 is 0 Å². The number of hydrogen-bond acceptors (Lipinski definition) is 3. The van der Waals surface area contributed by atoms with Crippen LogP contribution < -0.4 is 5.73 Å². The van der Waals surface area contributed by atoms with Crippen LogP contribution in [0.5, 0.6) is 0 Å². The molecule has 5 heteroatoms. The summed E-state index contributed by atoms with van der Waals surface area (Å²) in [4.78, 5) is 14.4. The van der Waals surface area contributed by atoms with Gasteiger partial charge < -0.3 is 10.6 Å². The number of hydrogen-bond donors (Lipinski definition) is 2. The van der Waals surface area contributed by atoms with Crippen LogP contribution >= 0.6 is 0 Å². The van der Waals surface area contributed by atoms with Crippen molar-refractivity contribution in [1.29, 1.82) is 0 Å². The van der Waals surface area contributed by atoms with Gasteiger partial charge in [-0.25, -0.2) is 0 Å². The highest BCUT2D eigenvalue weighted by Crippen LogP contribution is 2.29. The van der Waals surface area contributed by atoms with Crippen LogP contribution in [0, 0.1) is 12.3 Å². The van der Waals surface area contributed by atoms with Crippen molar-refractivity contribution < 1.29 is 4.79 Å². The van der Waals surface area contributed by atoms with Gasteiger partial charge in [-0.1, -0.05) is 36.8 Å². The van der Waals surface area contributed by atoms with Crippen molar-refractivity contribution in [1.82, 2.24) is 15.1 Å². The van der Waals surface area contributed by atoms with Gasteiger partial charge in [-0.3, -0.25) is 9.89 Å². The summed E-state index contributed by atoms with van der Waals surface area (Å²) in [6, 6.07) is 9.94. The Kier molecular flexibility index (Phi) is 3.74. The molecule has 3 N–H and O–H groups in total. The molecule has 2 heterocycles. The van der Waals surface area contributed by atoms with Gasteiger partial charge in [-0.15, -0.1) is 0 Å². The van der Waals surface area contributed by atoms with Crippen molar-refractivity contribution in [3.05, 3.63) is 41.6 Å². The SMILES string of the molecule is Cc1ccc(-c2cc(C(=O)N3CCC(C)(CN)C3)[nH]n2)cc1. The molecule has 22 heavy (non-hydrogen) atoms. The molecule has 1 aromatic carbocycles. The molecule has 2 aromatic rings. The third kappa shape index (κ3) is 2.76. The standard InChI is InChI=1S/C17H22N4O/c1-12-3-5-13(6-4-12)14-9-15(20-19-14)16(22)21-8-7-17(2,10-18)11-21/h3-6,9H,7-8,10-11,18H2,1-2H3,(H,19,20). The number of nitrogens with two attached hydrogens (primary N) is 1. The van der Waals surface area contributed by atoms with Gasteiger partial charge in [0.25, 0.3) is 5.91 Å². The first-order valence-electron chi connectivity index (χ1n) is 7.63. The Balaban J connectivity index is 1.76. The summed E-state index contributed by atoms with van der Waals surface area (Å²) in [7, 11) is 0. The van der Waals surface area contributed by atoms with Crippen LogP contribution in [-0.4, -0.2) is 40.6 Å². The van der Waals surface area contributed by atoms with Crippen LogP contribution in [0.2, 0.25) is 0 Å². The summed E-state index contributed by atoms with van der Waals surface area (Å²) < 4.78 is 0. The Morgan fingerprint density at radius 3 is 2.77 bits per heavy atom. The van der Waals surface area contributed by atoms with Crippen LogP contribution in [0.1, 0.15) is 29.4 Å². The number of carbonyl (C=O) groups is 1. The van der Waals surface area contributed by atoms with Crippen molar-refractivity contribution in [3.63, 3.8) is 0 Å². The third-order valence-electron chi connectivity index (χ3n) is 4.49. The number of aromatic amines is 1. The van der Waals surface area contributed by atoms with E-state index < -0.39 is 0 Å². The first kappa shape index (κ1) is 14.8. The molecule has 0 saturated carbocycles. The second-order valence-electron chi connectivity index (χ2n) is 6.52. The lowest BCUT2D eigenvalue weighted by Gasteiger charge is -2.22. The summed E-state index contributed by atoms with van der Waals surface area (Å²) in [6.45, 7) is 6.25. The number of rotatable bonds is 3. The molecule has 1 amide bonds. The molecule has 0 bridgehead atoms. The molecule has 1 fully saturated rings. The van der Waals surface area contributed by atoms with Gasteiger partial charge in [0.05, 0.1) is 5.69 Å². The zero-order valence-electron chi connectivity index (χ0n) is 13.1. The molecule has 1 aromatic heterocycles. The lowest BCUT2D eigenvalue weighted by Crippen LogP contribution is -2.34. The van der Waals surface area contributed by atoms with Crippen LogP contribution in [0.15, 0.2) is 30.3 Å². The highest BCUT2D eigenvalue weighted by atomic mass is 16.2. The van der Waals surface area contributed by atoms with E-state index in [1.807, 2.05) is 42.2 Å². The maximum atomic E-state index is 12.6. The maximum Gasteiger partial charge on any atom is 0.271 e. The van der Waals surface area contributed by atoms with Gasteiger partial charge in [0.2, 0.25) is 0 Å². The minimum absolute atomic E-state index is 0.00281. The lowest BCUT2D eigenvalue weighted by molar-refractivity contribution is 0.0771. The average Bonchev–Trinajstić information content (AvgIpc) is 3.15. The molecular formula is C17H22N4O. The molecule has 0 aliphatic carbocycles. The van der Waals surface area contributed by atoms with Gasteiger partial charge in [-0.05, 0) is 31.4 Å². The Morgan fingerprint density at radius 1 is 1.41 bits per heavy atom. The van der Waals surface area contributed by atoms with E-state index in [0.29, 0.717) is 18.8 Å². The number of nitrogens with one attached hydrogen (secondary N) is 1. The summed E-state index contributed by atoms with van der Waals surface area (Å²) in [5, 5.41) is 7.14. The van der Waals surface area contributed by atoms with Gasteiger partial charge in [0, 0.05) is 18.7 Å². The summed E-state index contributed by atoms with van der Waals surface area (Å²) in [5.41, 5.74) is 9.39. The number of aryl methyl sites for hydroxylation is 1. The van der Waals surface area contributed by atoms with E-state index in [0.717, 1.165) is 24.2 Å². The zero-order valence-corrected chi connectivity index (χ0v) is 13.1. The second kappa shape index (κ2) is 5.57. The molecule has 5 nitrogen and oxygen atoms in total. The number of likely N-dealkylation sites (tertiary alicyclic amines) is 1. The number of aromatic nitrogens is 2. The zero-order chi connectivity index (χ0) is 15.7. The highest BCUT2D eigenvalue weighted by molar-refractivity contribution is 5.93. The Bertz CT molecular complexity index is 676. The quantitative estimate of drug-likeness (QED) is 0.912. The van der Waals surface area contributed by atoms with E-state index in [1.165, 1.54) is 5.56 Å². The molecule has 116 valence electrons. The molecule has 1 saturated heterocycles. The number of nitrogens with zero attached hydrogens (tertiary/aromatic N) is 2. The van der Waals surface area contributed by atoms with E-state index in [9.17, 15) is 4.79 Å². The average molecular weight is 298 g/mol. The number of benzene rings is 1. The van der Waals surface area contributed by atoms with Crippen LogP contribution in [0.4, 0.5) is 0 Å². The minimum atomic E-state index is 0.00281. The van der Waals surface area contributed by atoms with E-state index in [1.54, 1.807) is 0 Å². The Labute approximate surface area is 130 Å². The normalized spacial score (nSPS) is 21.3. The molecule has 3 rings (SSSR count). The van der Waals surface area contributed by atoms with Crippen LogP contribution in [-0.2, 0) is 0 Å². The van der Waals surface area contributed by atoms with E-state index >= 15 is 0 Å². The highest BCUT2D eigenvalue weighted by Gasteiger charge is 2.35. The smallest absolute Gasteiger partial charge is 0.271 e. The van der Waals surface area contributed by atoms with E-state index in [-0.39, 0.29) is 11.3 Å². The van der Waals surface area contributed by atoms with Gasteiger partial charge in [-0.2, -0.15) is 5.10 Å². The van der Waals surface area contributed by atoms with Crippen LogP contribution in [0.25, 0.3) is 11.3 Å². The maximum absolute atomic E-state index is 12.6. The predicted molar refractivity (Wildman–Crippen MR) is 86.4 cm³/mol. The van der Waals surface area contributed by atoms with E-state index in [4.69, 9.17) is 5.73 Å². The number of H-pyrrole nitrogens is 1. The lowest BCUT2D eigenvalue weighted by atomic mass is 9.90. The first-order chi connectivity index (χ1) is 10.5. The van der Waals surface area contributed by atoms with Crippen molar-refractivity contribution in [2.45, 2.75) is 20.3 Å². The fourth-order valence-corrected chi connectivity index (χ4v) is 2.84. The number of amides is 1. The fraction of sp³-hybridized carbons (Fsp3) is 0.412. The van der Waals surface area contributed by atoms with Gasteiger partial charge in [0.1, 0.15) is 5.69 Å². The summed E-state index contributed by atoms with van der Waals surface area (Å²) >= 11 is 0. The Hall–Kier alpha value is -2.14. The van der Waals surface area contributed by atoms with Gasteiger partial charge in [0.15, 0.2) is 0 Å². The number of carbonyl (C=O) groups excluding carboxylic acids is 1.